The zero-order chi connectivity index (χ0) is 18.0. The smallest absolute Gasteiger partial charge is 0.319 e. The van der Waals surface area contributed by atoms with Gasteiger partial charge in [-0.15, -0.1) is 0 Å². The third kappa shape index (κ3) is 2.86. The average molecular weight is 403 g/mol. The molecule has 8 heteroatoms. The highest BCUT2D eigenvalue weighted by atomic mass is 35.6. The van der Waals surface area contributed by atoms with E-state index in [1.165, 1.54) is 0 Å². The van der Waals surface area contributed by atoms with Gasteiger partial charge in [-0.3, -0.25) is 0 Å². The van der Waals surface area contributed by atoms with Gasteiger partial charge in [0.2, 0.25) is 5.89 Å². The van der Waals surface area contributed by atoms with Crippen LogP contribution in [0.1, 0.15) is 51.0 Å². The van der Waals surface area contributed by atoms with Crippen molar-refractivity contribution in [1.82, 2.24) is 10.3 Å². The lowest BCUT2D eigenvalue weighted by Gasteiger charge is -2.46. The third-order valence-corrected chi connectivity index (χ3v) is 5.82. The number of hydrogen-bond acceptors (Lipinski definition) is 3. The summed E-state index contributed by atoms with van der Waals surface area (Å²) in [5, 5.41) is 5.98. The Kier molecular flexibility index (Phi) is 3.74. The summed E-state index contributed by atoms with van der Waals surface area (Å²) in [7, 11) is 0. The Morgan fingerprint density at radius 1 is 1.16 bits per heavy atom. The predicted molar refractivity (Wildman–Crippen MR) is 99.3 cm³/mol. The molecule has 0 radical (unpaired) electrons. The predicted octanol–water partition coefficient (Wildman–Crippen LogP) is 5.59. The third-order valence-electron chi connectivity index (χ3n) is 5.34. The minimum absolute atomic E-state index is 0.0316. The van der Waals surface area contributed by atoms with Crippen LogP contribution in [0.3, 0.4) is 0 Å². The number of aromatic nitrogens is 1. The van der Waals surface area contributed by atoms with Crippen LogP contribution in [0.5, 0.6) is 0 Å². The van der Waals surface area contributed by atoms with Crippen LogP contribution < -0.4 is 10.6 Å². The Hall–Kier alpha value is -1.17. The maximum Gasteiger partial charge on any atom is 0.319 e. The lowest BCUT2D eigenvalue weighted by molar-refractivity contribution is 0.138. The summed E-state index contributed by atoms with van der Waals surface area (Å²) in [6.07, 6.45) is 3.63. The van der Waals surface area contributed by atoms with E-state index in [2.05, 4.69) is 29.5 Å². The van der Waals surface area contributed by atoms with E-state index in [-0.39, 0.29) is 17.3 Å². The molecule has 25 heavy (non-hydrogen) atoms. The zero-order valence-corrected chi connectivity index (χ0v) is 16.1. The molecule has 2 aromatic rings. The van der Waals surface area contributed by atoms with Gasteiger partial charge in [0.25, 0.3) is 3.79 Å². The van der Waals surface area contributed by atoms with Crippen molar-refractivity contribution in [3.63, 3.8) is 0 Å². The van der Waals surface area contributed by atoms with E-state index in [9.17, 15) is 4.79 Å². The van der Waals surface area contributed by atoms with Crippen LogP contribution in [0.4, 0.5) is 10.5 Å². The summed E-state index contributed by atoms with van der Waals surface area (Å²) >= 11 is 17.8. The highest BCUT2D eigenvalue weighted by Crippen LogP contribution is 2.51. The Balaban J connectivity index is 1.91. The summed E-state index contributed by atoms with van der Waals surface area (Å²) < 4.78 is 4.11. The number of hydrogen-bond donors (Lipinski definition) is 2. The number of anilines is 1. The topological polar surface area (TPSA) is 67.2 Å². The van der Waals surface area contributed by atoms with E-state index < -0.39 is 9.33 Å². The van der Waals surface area contributed by atoms with Gasteiger partial charge in [0.05, 0.1) is 11.2 Å². The molecule has 134 valence electrons. The molecule has 1 aromatic carbocycles. The number of oxazole rings is 1. The summed E-state index contributed by atoms with van der Waals surface area (Å²) in [6, 6.07) is 3.40. The molecule has 2 aliphatic rings. The molecule has 0 bridgehead atoms. The van der Waals surface area contributed by atoms with Crippen molar-refractivity contribution >= 4 is 57.6 Å². The SMILES string of the molecule is CC1(C)CCC2(CC1)NC(=O)Nc1ccc3nc(C(Cl)(Cl)Cl)oc3c12. The van der Waals surface area contributed by atoms with Crippen LogP contribution in [0.25, 0.3) is 11.1 Å². The first-order chi connectivity index (χ1) is 11.6. The highest BCUT2D eigenvalue weighted by Gasteiger charge is 2.46. The molecular weight excluding hydrogens is 385 g/mol. The minimum Gasteiger partial charge on any atom is -0.436 e. The minimum atomic E-state index is -1.74. The molecule has 0 unspecified atom stereocenters. The van der Waals surface area contributed by atoms with Crippen LogP contribution in [0.15, 0.2) is 16.5 Å². The molecule has 2 amide bonds. The normalized spacial score (nSPS) is 21.7. The molecule has 0 atom stereocenters. The highest BCUT2D eigenvalue weighted by molar-refractivity contribution is 6.66. The molecule has 1 aromatic heterocycles. The second kappa shape index (κ2) is 5.41. The van der Waals surface area contributed by atoms with Crippen molar-refractivity contribution in [2.24, 2.45) is 5.41 Å². The van der Waals surface area contributed by atoms with Gasteiger partial charge in [-0.25, -0.2) is 9.78 Å². The van der Waals surface area contributed by atoms with Gasteiger partial charge in [0, 0.05) is 5.56 Å². The van der Waals surface area contributed by atoms with Crippen molar-refractivity contribution in [2.75, 3.05) is 5.32 Å². The number of carbonyl (C=O) groups excluding carboxylic acids is 1. The van der Waals surface area contributed by atoms with Gasteiger partial charge in [-0.05, 0) is 43.2 Å². The maximum absolute atomic E-state index is 12.2. The number of rotatable bonds is 0. The Labute approximate surface area is 160 Å². The van der Waals surface area contributed by atoms with Crippen LogP contribution in [-0.4, -0.2) is 11.0 Å². The summed E-state index contributed by atoms with van der Waals surface area (Å²) in [6.45, 7) is 4.50. The van der Waals surface area contributed by atoms with Crippen molar-refractivity contribution < 1.29 is 9.21 Å². The lowest BCUT2D eigenvalue weighted by atomic mass is 9.66. The van der Waals surface area contributed by atoms with E-state index in [0.29, 0.717) is 11.1 Å². The Bertz CT molecular complexity index is 860. The van der Waals surface area contributed by atoms with Crippen molar-refractivity contribution in [3.05, 3.63) is 23.6 Å². The monoisotopic (exact) mass is 401 g/mol. The quantitative estimate of drug-likeness (QED) is 0.565. The second-order valence-corrected chi connectivity index (χ2v) is 9.96. The Morgan fingerprint density at radius 2 is 1.84 bits per heavy atom. The van der Waals surface area contributed by atoms with E-state index in [1.54, 1.807) is 6.07 Å². The summed E-state index contributed by atoms with van der Waals surface area (Å²) in [4.78, 5) is 16.5. The second-order valence-electron chi connectivity index (χ2n) is 7.68. The molecule has 4 rings (SSSR count). The average Bonchev–Trinajstić information content (AvgIpc) is 2.94. The van der Waals surface area contributed by atoms with Gasteiger partial charge >= 0.3 is 6.03 Å². The van der Waals surface area contributed by atoms with Crippen molar-refractivity contribution in [3.8, 4) is 0 Å². The van der Waals surface area contributed by atoms with E-state index in [4.69, 9.17) is 39.2 Å². The van der Waals surface area contributed by atoms with Crippen LogP contribution >= 0.6 is 34.8 Å². The first-order valence-electron chi connectivity index (χ1n) is 8.20. The molecular formula is C17H18Cl3N3O2. The molecule has 2 heterocycles. The fourth-order valence-electron chi connectivity index (χ4n) is 3.85. The first-order valence-corrected chi connectivity index (χ1v) is 9.34. The molecule has 2 N–H and O–H groups in total. The van der Waals surface area contributed by atoms with Gasteiger partial charge < -0.3 is 15.1 Å². The number of fused-ring (bicyclic) bond motifs is 4. The summed E-state index contributed by atoms with van der Waals surface area (Å²) in [5.74, 6) is 0.0316. The van der Waals surface area contributed by atoms with E-state index in [0.717, 1.165) is 36.9 Å². The molecule has 1 saturated carbocycles. The number of carbonyl (C=O) groups is 1. The molecule has 1 aliphatic heterocycles. The number of urea groups is 1. The van der Waals surface area contributed by atoms with Gasteiger partial charge in [-0.1, -0.05) is 48.7 Å². The van der Waals surface area contributed by atoms with Crippen LogP contribution in [-0.2, 0) is 9.33 Å². The van der Waals surface area contributed by atoms with Gasteiger partial charge in [0.15, 0.2) is 5.58 Å². The molecule has 5 nitrogen and oxygen atoms in total. The maximum atomic E-state index is 12.2. The molecule has 1 aliphatic carbocycles. The standard InChI is InChI=1S/C17H18Cl3N3O2/c1-15(2)5-7-16(8-6-15)11-9(22-14(24)23-16)3-4-10-12(11)25-13(21-10)17(18,19)20/h3-4H,5-8H2,1-2H3,(H2,22,23,24). The Morgan fingerprint density at radius 3 is 2.48 bits per heavy atom. The van der Waals surface area contributed by atoms with E-state index in [1.807, 2.05) is 6.07 Å². The summed E-state index contributed by atoms with van der Waals surface area (Å²) in [5.41, 5.74) is 2.56. The largest absolute Gasteiger partial charge is 0.436 e. The van der Waals surface area contributed by atoms with Gasteiger partial charge in [-0.2, -0.15) is 0 Å². The first kappa shape index (κ1) is 17.3. The number of nitrogens with one attached hydrogen (secondary N) is 2. The number of amides is 2. The fourth-order valence-corrected chi connectivity index (χ4v) is 4.10. The fraction of sp³-hybridized carbons (Fsp3) is 0.529. The van der Waals surface area contributed by atoms with Crippen molar-refractivity contribution in [1.29, 1.82) is 0 Å². The molecule has 1 fully saturated rings. The number of nitrogens with zero attached hydrogens (tertiary/aromatic N) is 1. The number of benzene rings is 1. The lowest BCUT2D eigenvalue weighted by Crippen LogP contribution is -2.54. The number of alkyl halides is 3. The van der Waals surface area contributed by atoms with Crippen molar-refractivity contribution in [2.45, 2.75) is 48.9 Å². The van der Waals surface area contributed by atoms with Crippen LogP contribution in [0, 0.1) is 5.41 Å². The molecule has 1 spiro atoms. The zero-order valence-electron chi connectivity index (χ0n) is 13.9. The van der Waals surface area contributed by atoms with Gasteiger partial charge in [0.1, 0.15) is 5.52 Å². The number of halogens is 3. The molecule has 0 saturated heterocycles. The van der Waals surface area contributed by atoms with E-state index >= 15 is 0 Å². The van der Waals surface area contributed by atoms with Crippen LogP contribution in [0.2, 0.25) is 0 Å².